The first-order valence-corrected chi connectivity index (χ1v) is 4.29. The van der Waals surface area contributed by atoms with Crippen LogP contribution in [0.4, 0.5) is 0 Å². The molecule has 0 saturated carbocycles. The molecule has 3 nitrogen and oxygen atoms in total. The monoisotopic (exact) mass is 175 g/mol. The van der Waals surface area contributed by atoms with E-state index in [0.717, 1.165) is 16.8 Å². The first-order valence-electron chi connectivity index (χ1n) is 4.29. The average molecular weight is 175 g/mol. The largest absolute Gasteiger partial charge is 0.291 e. The summed E-state index contributed by atoms with van der Waals surface area (Å²) in [4.78, 5) is 15.5. The van der Waals surface area contributed by atoms with Crippen LogP contribution in [-0.4, -0.2) is 10.9 Å². The summed E-state index contributed by atoms with van der Waals surface area (Å²) < 4.78 is 0. The Bertz CT molecular complexity index is 396. The van der Waals surface area contributed by atoms with Crippen molar-refractivity contribution in [1.29, 1.82) is 0 Å². The minimum Gasteiger partial charge on any atom is -0.265 e. The third-order valence-electron chi connectivity index (χ3n) is 2.71. The molecular weight excluding hydrogens is 164 g/mol. The molecular formula is C10H11N2O. The van der Waals surface area contributed by atoms with E-state index < -0.39 is 0 Å². The van der Waals surface area contributed by atoms with Crippen LogP contribution in [-0.2, 0) is 6.54 Å². The summed E-state index contributed by atoms with van der Waals surface area (Å²) >= 11 is 0. The van der Waals surface area contributed by atoms with Gasteiger partial charge in [0.2, 0.25) is 0 Å². The van der Waals surface area contributed by atoms with Crippen molar-refractivity contribution >= 4 is 5.91 Å². The van der Waals surface area contributed by atoms with Gasteiger partial charge in [-0.25, -0.2) is 10.3 Å². The zero-order chi connectivity index (χ0) is 9.59. The first kappa shape index (κ1) is 8.23. The second kappa shape index (κ2) is 2.55. The maximum absolute atomic E-state index is 11.3. The van der Waals surface area contributed by atoms with Gasteiger partial charge < -0.3 is 0 Å². The molecule has 0 bridgehead atoms. The van der Waals surface area contributed by atoms with Crippen LogP contribution in [0, 0.1) is 20.8 Å². The smallest absolute Gasteiger partial charge is 0.265 e. The van der Waals surface area contributed by atoms with Crippen LogP contribution < -0.4 is 5.32 Å². The number of aromatic nitrogens is 1. The zero-order valence-corrected chi connectivity index (χ0v) is 8.01. The highest BCUT2D eigenvalue weighted by Crippen LogP contribution is 2.22. The van der Waals surface area contributed by atoms with Gasteiger partial charge in [-0.2, -0.15) is 0 Å². The molecule has 2 rings (SSSR count). The fourth-order valence-corrected chi connectivity index (χ4v) is 1.59. The van der Waals surface area contributed by atoms with Gasteiger partial charge in [-0.3, -0.25) is 4.79 Å². The van der Waals surface area contributed by atoms with Gasteiger partial charge in [0, 0.05) is 11.3 Å². The van der Waals surface area contributed by atoms with E-state index in [-0.39, 0.29) is 5.91 Å². The summed E-state index contributed by atoms with van der Waals surface area (Å²) in [5.74, 6) is -0.166. The lowest BCUT2D eigenvalue weighted by Gasteiger charge is -2.07. The van der Waals surface area contributed by atoms with E-state index in [1.807, 2.05) is 20.8 Å². The lowest BCUT2D eigenvalue weighted by atomic mass is 10.0. The minimum absolute atomic E-state index is 0.166. The van der Waals surface area contributed by atoms with Crippen molar-refractivity contribution in [1.82, 2.24) is 10.3 Å². The Morgan fingerprint density at radius 3 is 2.54 bits per heavy atom. The summed E-state index contributed by atoms with van der Waals surface area (Å²) in [5, 5.41) is 3.85. The van der Waals surface area contributed by atoms with E-state index >= 15 is 0 Å². The van der Waals surface area contributed by atoms with Crippen molar-refractivity contribution in [2.75, 3.05) is 0 Å². The summed E-state index contributed by atoms with van der Waals surface area (Å²) in [6.45, 7) is 6.49. The van der Waals surface area contributed by atoms with Gasteiger partial charge >= 0.3 is 0 Å². The zero-order valence-electron chi connectivity index (χ0n) is 8.01. The number of amides is 1. The van der Waals surface area contributed by atoms with E-state index in [2.05, 4.69) is 10.3 Å². The number of carbonyl (C=O) groups is 1. The van der Waals surface area contributed by atoms with Crippen molar-refractivity contribution < 1.29 is 4.79 Å². The molecule has 13 heavy (non-hydrogen) atoms. The SMILES string of the molecule is Cc1nc2c(c(C)c1C)C[N]C2=O. The maximum Gasteiger partial charge on any atom is 0.291 e. The minimum atomic E-state index is -0.166. The van der Waals surface area contributed by atoms with E-state index in [0.29, 0.717) is 12.2 Å². The third kappa shape index (κ3) is 1.03. The second-order valence-electron chi connectivity index (χ2n) is 3.40. The Morgan fingerprint density at radius 1 is 1.15 bits per heavy atom. The Morgan fingerprint density at radius 2 is 1.85 bits per heavy atom. The number of aryl methyl sites for hydroxylation is 1. The van der Waals surface area contributed by atoms with Gasteiger partial charge in [-0.1, -0.05) is 0 Å². The van der Waals surface area contributed by atoms with Crippen LogP contribution >= 0.6 is 0 Å². The Kier molecular flexibility index (Phi) is 1.62. The number of rotatable bonds is 0. The number of pyridine rings is 1. The van der Waals surface area contributed by atoms with Gasteiger partial charge in [0.15, 0.2) is 0 Å². The fraction of sp³-hybridized carbons (Fsp3) is 0.400. The van der Waals surface area contributed by atoms with Gasteiger partial charge in [0.25, 0.3) is 5.91 Å². The molecule has 1 aromatic rings. The van der Waals surface area contributed by atoms with Crippen LogP contribution in [0.1, 0.15) is 32.9 Å². The molecule has 1 aliphatic heterocycles. The van der Waals surface area contributed by atoms with Crippen LogP contribution in [0.25, 0.3) is 0 Å². The van der Waals surface area contributed by atoms with Crippen LogP contribution in [0.5, 0.6) is 0 Å². The Labute approximate surface area is 77.2 Å². The van der Waals surface area contributed by atoms with Crippen LogP contribution in [0.3, 0.4) is 0 Å². The van der Waals surface area contributed by atoms with Gasteiger partial charge in [0.1, 0.15) is 5.69 Å². The van der Waals surface area contributed by atoms with Gasteiger partial charge in [-0.05, 0) is 31.9 Å². The molecule has 0 saturated heterocycles. The van der Waals surface area contributed by atoms with Gasteiger partial charge in [-0.15, -0.1) is 0 Å². The number of fused-ring (bicyclic) bond motifs is 1. The lowest BCUT2D eigenvalue weighted by molar-refractivity contribution is 0.0957. The van der Waals surface area contributed by atoms with Crippen molar-refractivity contribution in [3.63, 3.8) is 0 Å². The number of hydrogen-bond acceptors (Lipinski definition) is 2. The number of carbonyl (C=O) groups excluding carboxylic acids is 1. The molecule has 1 radical (unpaired) electrons. The second-order valence-corrected chi connectivity index (χ2v) is 3.40. The molecule has 0 N–H and O–H groups in total. The van der Waals surface area contributed by atoms with E-state index in [1.165, 1.54) is 5.56 Å². The van der Waals surface area contributed by atoms with Crippen molar-refractivity contribution in [3.8, 4) is 0 Å². The highest BCUT2D eigenvalue weighted by atomic mass is 16.2. The van der Waals surface area contributed by atoms with Crippen molar-refractivity contribution in [2.24, 2.45) is 0 Å². The molecule has 0 aromatic carbocycles. The third-order valence-corrected chi connectivity index (χ3v) is 2.71. The Hall–Kier alpha value is -1.38. The molecule has 0 spiro atoms. The Balaban J connectivity index is 2.74. The molecule has 1 aliphatic rings. The predicted molar refractivity (Wildman–Crippen MR) is 48.6 cm³/mol. The van der Waals surface area contributed by atoms with E-state index in [9.17, 15) is 4.79 Å². The van der Waals surface area contributed by atoms with Crippen LogP contribution in [0.2, 0.25) is 0 Å². The van der Waals surface area contributed by atoms with Crippen LogP contribution in [0.15, 0.2) is 0 Å². The molecule has 67 valence electrons. The van der Waals surface area contributed by atoms with Gasteiger partial charge in [0.05, 0.1) is 6.54 Å². The summed E-state index contributed by atoms with van der Waals surface area (Å²) in [5.41, 5.74) is 4.83. The molecule has 1 aromatic heterocycles. The standard InChI is InChI=1S/C10H11N2O/c1-5-6(2)8-4-11-10(13)9(8)12-7(5)3/h4H2,1-3H3. The lowest BCUT2D eigenvalue weighted by Crippen LogP contribution is -2.06. The van der Waals surface area contributed by atoms with E-state index in [1.54, 1.807) is 0 Å². The van der Waals surface area contributed by atoms with Crippen molar-refractivity contribution in [2.45, 2.75) is 27.3 Å². The normalized spacial score (nSPS) is 14.2. The molecule has 0 unspecified atom stereocenters. The number of hydrogen-bond donors (Lipinski definition) is 0. The highest BCUT2D eigenvalue weighted by molar-refractivity contribution is 5.96. The highest BCUT2D eigenvalue weighted by Gasteiger charge is 2.25. The fourth-order valence-electron chi connectivity index (χ4n) is 1.59. The van der Waals surface area contributed by atoms with E-state index in [4.69, 9.17) is 0 Å². The molecule has 0 aliphatic carbocycles. The maximum atomic E-state index is 11.3. The topological polar surface area (TPSA) is 44.1 Å². The molecule has 3 heteroatoms. The number of nitrogens with zero attached hydrogens (tertiary/aromatic N) is 2. The quantitative estimate of drug-likeness (QED) is 0.596. The predicted octanol–water partition coefficient (Wildman–Crippen LogP) is 1.27. The first-order chi connectivity index (χ1) is 6.11. The molecule has 2 heterocycles. The average Bonchev–Trinajstić information content (AvgIpc) is 2.45. The molecule has 0 atom stereocenters. The molecule has 0 fully saturated rings. The summed E-state index contributed by atoms with van der Waals surface area (Å²) in [7, 11) is 0. The summed E-state index contributed by atoms with van der Waals surface area (Å²) in [6.07, 6.45) is 0. The molecule has 1 amide bonds. The van der Waals surface area contributed by atoms with Crippen molar-refractivity contribution in [3.05, 3.63) is 28.1 Å². The summed E-state index contributed by atoms with van der Waals surface area (Å²) in [6, 6.07) is 0.